The summed E-state index contributed by atoms with van der Waals surface area (Å²) >= 11 is 6.25. The molecule has 1 amide bonds. The van der Waals surface area contributed by atoms with Crippen molar-refractivity contribution in [3.05, 3.63) is 65.7 Å². The second-order valence-electron chi connectivity index (χ2n) is 5.38. The molecule has 4 heteroatoms. The molecule has 0 aliphatic rings. The van der Waals surface area contributed by atoms with Crippen molar-refractivity contribution in [2.24, 2.45) is 0 Å². The highest BCUT2D eigenvalue weighted by Gasteiger charge is 2.21. The van der Waals surface area contributed by atoms with Gasteiger partial charge < -0.3 is 9.64 Å². The van der Waals surface area contributed by atoms with E-state index >= 15 is 0 Å². The van der Waals surface area contributed by atoms with Gasteiger partial charge in [-0.3, -0.25) is 4.79 Å². The Morgan fingerprint density at radius 3 is 2.39 bits per heavy atom. The molecule has 1 atom stereocenters. The Hall–Kier alpha value is -2.00. The van der Waals surface area contributed by atoms with Crippen molar-refractivity contribution in [1.82, 2.24) is 4.90 Å². The van der Waals surface area contributed by atoms with Gasteiger partial charge in [-0.05, 0) is 29.7 Å². The van der Waals surface area contributed by atoms with E-state index in [0.29, 0.717) is 13.2 Å². The third-order valence-corrected chi connectivity index (χ3v) is 4.15. The Labute approximate surface area is 142 Å². The van der Waals surface area contributed by atoms with Crippen LogP contribution < -0.4 is 4.74 Å². The van der Waals surface area contributed by atoms with Crippen LogP contribution in [-0.2, 0) is 11.2 Å². The zero-order chi connectivity index (χ0) is 16.7. The van der Waals surface area contributed by atoms with Gasteiger partial charge in [-0.2, -0.15) is 0 Å². The Kier molecular flexibility index (Phi) is 6.48. The first-order valence-corrected chi connectivity index (χ1v) is 8.21. The number of amides is 1. The van der Waals surface area contributed by atoms with Crippen LogP contribution in [0.4, 0.5) is 0 Å². The number of carbonyl (C=O) groups excluding carboxylic acids is 1. The van der Waals surface area contributed by atoms with Gasteiger partial charge in [0.1, 0.15) is 17.7 Å². The molecular formula is C19H22ClNO2. The standard InChI is InChI=1S/C19H22ClNO2/c1-3-15-9-11-17(12-10-15)23-14-13-21(2)19(22)18(20)16-7-5-4-6-8-16/h4-12,18H,3,13-14H2,1-2H3. The first-order chi connectivity index (χ1) is 11.1. The minimum atomic E-state index is -0.662. The number of hydrogen-bond donors (Lipinski definition) is 0. The van der Waals surface area contributed by atoms with Crippen molar-refractivity contribution in [2.45, 2.75) is 18.7 Å². The average Bonchev–Trinajstić information content (AvgIpc) is 2.61. The maximum atomic E-state index is 12.3. The molecule has 1 unspecified atom stereocenters. The Balaban J connectivity index is 1.81. The smallest absolute Gasteiger partial charge is 0.245 e. The molecule has 0 bridgehead atoms. The Bertz CT molecular complexity index is 613. The maximum absolute atomic E-state index is 12.3. The minimum absolute atomic E-state index is 0.122. The van der Waals surface area contributed by atoms with Gasteiger partial charge in [0.05, 0.1) is 6.54 Å². The van der Waals surface area contributed by atoms with E-state index in [9.17, 15) is 4.79 Å². The van der Waals surface area contributed by atoms with E-state index in [1.807, 2.05) is 54.6 Å². The zero-order valence-electron chi connectivity index (χ0n) is 13.5. The van der Waals surface area contributed by atoms with Crippen LogP contribution in [0, 0.1) is 0 Å². The van der Waals surface area contributed by atoms with E-state index in [0.717, 1.165) is 17.7 Å². The molecule has 0 spiro atoms. The monoisotopic (exact) mass is 331 g/mol. The van der Waals surface area contributed by atoms with Crippen molar-refractivity contribution >= 4 is 17.5 Å². The van der Waals surface area contributed by atoms with Crippen LogP contribution in [0.5, 0.6) is 5.75 Å². The third kappa shape index (κ3) is 5.00. The molecule has 2 aromatic carbocycles. The number of halogens is 1. The van der Waals surface area contributed by atoms with Crippen LogP contribution in [-0.4, -0.2) is 31.0 Å². The summed E-state index contributed by atoms with van der Waals surface area (Å²) < 4.78 is 5.67. The summed E-state index contributed by atoms with van der Waals surface area (Å²) in [6.45, 7) is 3.04. The highest BCUT2D eigenvalue weighted by molar-refractivity contribution is 6.30. The molecule has 122 valence electrons. The van der Waals surface area contributed by atoms with Crippen molar-refractivity contribution in [1.29, 1.82) is 0 Å². The number of carbonyl (C=O) groups is 1. The van der Waals surface area contributed by atoms with Gasteiger partial charge in [-0.15, -0.1) is 11.6 Å². The fourth-order valence-electron chi connectivity index (χ4n) is 2.19. The number of ether oxygens (including phenoxy) is 1. The Morgan fingerprint density at radius 1 is 1.13 bits per heavy atom. The van der Waals surface area contributed by atoms with Crippen LogP contribution in [0.1, 0.15) is 23.4 Å². The van der Waals surface area contributed by atoms with Crippen LogP contribution >= 0.6 is 11.6 Å². The first kappa shape index (κ1) is 17.4. The predicted octanol–water partition coefficient (Wildman–Crippen LogP) is 4.07. The number of alkyl halides is 1. The lowest BCUT2D eigenvalue weighted by molar-refractivity contribution is -0.129. The molecule has 0 N–H and O–H groups in total. The van der Waals surface area contributed by atoms with Crippen LogP contribution in [0.25, 0.3) is 0 Å². The van der Waals surface area contributed by atoms with Gasteiger partial charge in [0.25, 0.3) is 0 Å². The molecule has 0 aliphatic heterocycles. The number of nitrogens with zero attached hydrogens (tertiary/aromatic N) is 1. The molecule has 0 aromatic heterocycles. The summed E-state index contributed by atoms with van der Waals surface area (Å²) in [4.78, 5) is 13.9. The lowest BCUT2D eigenvalue weighted by Gasteiger charge is -2.20. The molecule has 2 aromatic rings. The molecule has 0 saturated carbocycles. The average molecular weight is 332 g/mol. The van der Waals surface area contributed by atoms with E-state index in [4.69, 9.17) is 16.3 Å². The first-order valence-electron chi connectivity index (χ1n) is 7.77. The van der Waals surface area contributed by atoms with E-state index < -0.39 is 5.38 Å². The van der Waals surface area contributed by atoms with Gasteiger partial charge >= 0.3 is 0 Å². The molecule has 0 heterocycles. The SMILES string of the molecule is CCc1ccc(OCCN(C)C(=O)C(Cl)c2ccccc2)cc1. The van der Waals surface area contributed by atoms with E-state index in [1.54, 1.807) is 11.9 Å². The topological polar surface area (TPSA) is 29.5 Å². The number of aryl methyl sites for hydroxylation is 1. The summed E-state index contributed by atoms with van der Waals surface area (Å²) in [5.41, 5.74) is 2.08. The Morgan fingerprint density at radius 2 is 1.78 bits per heavy atom. The molecule has 0 aliphatic carbocycles. The maximum Gasteiger partial charge on any atom is 0.245 e. The normalized spacial score (nSPS) is 11.8. The molecule has 23 heavy (non-hydrogen) atoms. The molecular weight excluding hydrogens is 310 g/mol. The number of hydrogen-bond acceptors (Lipinski definition) is 2. The third-order valence-electron chi connectivity index (χ3n) is 3.71. The lowest BCUT2D eigenvalue weighted by Crippen LogP contribution is -2.33. The van der Waals surface area contributed by atoms with Crippen LogP contribution in [0.15, 0.2) is 54.6 Å². The van der Waals surface area contributed by atoms with E-state index in [-0.39, 0.29) is 5.91 Å². The van der Waals surface area contributed by atoms with Crippen molar-refractivity contribution in [3.8, 4) is 5.75 Å². The minimum Gasteiger partial charge on any atom is -0.492 e. The fraction of sp³-hybridized carbons (Fsp3) is 0.316. The second-order valence-corrected chi connectivity index (χ2v) is 5.82. The predicted molar refractivity (Wildman–Crippen MR) is 94.0 cm³/mol. The summed E-state index contributed by atoms with van der Waals surface area (Å²) in [5.74, 6) is 0.691. The zero-order valence-corrected chi connectivity index (χ0v) is 14.3. The van der Waals surface area contributed by atoms with E-state index in [1.165, 1.54) is 5.56 Å². The van der Waals surface area contributed by atoms with Gasteiger partial charge in [0, 0.05) is 7.05 Å². The lowest BCUT2D eigenvalue weighted by atomic mass is 10.1. The fourth-order valence-corrected chi connectivity index (χ4v) is 2.50. The van der Waals surface area contributed by atoms with Crippen LogP contribution in [0.3, 0.4) is 0 Å². The van der Waals surface area contributed by atoms with Crippen molar-refractivity contribution in [2.75, 3.05) is 20.2 Å². The largest absolute Gasteiger partial charge is 0.492 e. The molecule has 2 rings (SSSR count). The number of rotatable bonds is 7. The summed E-state index contributed by atoms with van der Waals surface area (Å²) in [7, 11) is 1.74. The van der Waals surface area contributed by atoms with Crippen molar-refractivity contribution < 1.29 is 9.53 Å². The molecule has 3 nitrogen and oxygen atoms in total. The van der Waals surface area contributed by atoms with E-state index in [2.05, 4.69) is 6.92 Å². The summed E-state index contributed by atoms with van der Waals surface area (Å²) in [5, 5.41) is -0.662. The van der Waals surface area contributed by atoms with Crippen molar-refractivity contribution in [3.63, 3.8) is 0 Å². The highest BCUT2D eigenvalue weighted by atomic mass is 35.5. The number of likely N-dealkylation sites (N-methyl/N-ethyl adjacent to an activating group) is 1. The molecule has 0 fully saturated rings. The second kappa shape index (κ2) is 8.59. The molecule has 0 saturated heterocycles. The van der Waals surface area contributed by atoms with Gasteiger partial charge in [0.15, 0.2) is 0 Å². The van der Waals surface area contributed by atoms with Crippen LogP contribution in [0.2, 0.25) is 0 Å². The molecule has 0 radical (unpaired) electrons. The summed E-state index contributed by atoms with van der Waals surface area (Å²) in [6.07, 6.45) is 1.01. The summed E-state index contributed by atoms with van der Waals surface area (Å²) in [6, 6.07) is 17.4. The van der Waals surface area contributed by atoms with Gasteiger partial charge in [-0.1, -0.05) is 49.4 Å². The highest BCUT2D eigenvalue weighted by Crippen LogP contribution is 2.22. The van der Waals surface area contributed by atoms with Gasteiger partial charge in [0.2, 0.25) is 5.91 Å². The van der Waals surface area contributed by atoms with Gasteiger partial charge in [-0.25, -0.2) is 0 Å². The quantitative estimate of drug-likeness (QED) is 0.716. The number of benzene rings is 2.